The van der Waals surface area contributed by atoms with Crippen LogP contribution in [0.25, 0.3) is 0 Å². The Morgan fingerprint density at radius 3 is 2.70 bits per heavy atom. The van der Waals surface area contributed by atoms with Crippen LogP contribution in [-0.2, 0) is 20.7 Å². The molecule has 2 saturated heterocycles. The minimum Gasteiger partial charge on any atom is -0.365 e. The molecule has 0 bridgehead atoms. The molecule has 1 N–H and O–H groups in total. The Morgan fingerprint density at radius 1 is 1.20 bits per heavy atom. The first kappa shape index (κ1) is 21.2. The van der Waals surface area contributed by atoms with Gasteiger partial charge in [-0.2, -0.15) is 0 Å². The van der Waals surface area contributed by atoms with Gasteiger partial charge in [-0.3, -0.25) is 14.6 Å². The van der Waals surface area contributed by atoms with Gasteiger partial charge in [-0.25, -0.2) is 0 Å². The molecule has 1 saturated carbocycles. The summed E-state index contributed by atoms with van der Waals surface area (Å²) in [5.74, 6) is 1.53. The molecule has 2 aliphatic heterocycles. The number of hydrogen-bond acceptors (Lipinski definition) is 5. The number of nitrogens with zero attached hydrogens (tertiary/aromatic N) is 3. The molecule has 0 spiro atoms. The second-order valence-corrected chi connectivity index (χ2v) is 9.17. The van der Waals surface area contributed by atoms with E-state index < -0.39 is 0 Å². The molecule has 164 valence electrons. The van der Waals surface area contributed by atoms with E-state index in [1.54, 1.807) is 6.20 Å². The van der Waals surface area contributed by atoms with Gasteiger partial charge in [0.15, 0.2) is 0 Å². The lowest BCUT2D eigenvalue weighted by Gasteiger charge is -2.38. The predicted molar refractivity (Wildman–Crippen MR) is 114 cm³/mol. The summed E-state index contributed by atoms with van der Waals surface area (Å²) >= 11 is 0. The van der Waals surface area contributed by atoms with Crippen LogP contribution < -0.4 is 5.32 Å². The maximum atomic E-state index is 12.3. The van der Waals surface area contributed by atoms with Crippen molar-refractivity contribution < 1.29 is 14.3 Å². The molecule has 3 aliphatic rings. The fraction of sp³-hybridized carbons (Fsp3) is 0.696. The molecule has 2 amide bonds. The smallest absolute Gasteiger partial charge is 0.248 e. The van der Waals surface area contributed by atoms with Crippen LogP contribution in [0.15, 0.2) is 18.3 Å². The second kappa shape index (κ2) is 9.88. The summed E-state index contributed by atoms with van der Waals surface area (Å²) in [4.78, 5) is 33.5. The van der Waals surface area contributed by atoms with Gasteiger partial charge in [0.25, 0.3) is 0 Å². The molecule has 1 aliphatic carbocycles. The number of carbonyl (C=O) groups excluding carboxylic acids is 2. The van der Waals surface area contributed by atoms with E-state index in [9.17, 15) is 9.59 Å². The third-order valence-corrected chi connectivity index (χ3v) is 6.59. The number of morpholine rings is 1. The van der Waals surface area contributed by atoms with Crippen molar-refractivity contribution in [3.8, 4) is 0 Å². The van der Waals surface area contributed by atoms with Crippen molar-refractivity contribution in [1.82, 2.24) is 20.1 Å². The third-order valence-electron chi connectivity index (χ3n) is 6.59. The number of piperidine rings is 1. The summed E-state index contributed by atoms with van der Waals surface area (Å²) in [7, 11) is 0. The van der Waals surface area contributed by atoms with E-state index >= 15 is 0 Å². The molecule has 30 heavy (non-hydrogen) atoms. The summed E-state index contributed by atoms with van der Waals surface area (Å²) in [5.41, 5.74) is 1.81. The standard InChI is InChI=1S/C23H34N4O3/c1-17-3-2-8-24-21(17)11-22(28)25-12-20-15-27(23(29)16-30-20)14-19-6-9-26(10-7-19)13-18-4-5-18/h2-3,8,18-20H,4-7,9-16H2,1H3,(H,25,28). The van der Waals surface area contributed by atoms with Crippen molar-refractivity contribution in [2.75, 3.05) is 45.9 Å². The number of pyridine rings is 1. The third kappa shape index (κ3) is 6.01. The predicted octanol–water partition coefficient (Wildman–Crippen LogP) is 1.40. The molecule has 7 heteroatoms. The quantitative estimate of drug-likeness (QED) is 0.696. The van der Waals surface area contributed by atoms with Gasteiger partial charge < -0.3 is 19.9 Å². The fourth-order valence-corrected chi connectivity index (χ4v) is 4.46. The molecule has 0 radical (unpaired) electrons. The Hall–Kier alpha value is -1.99. The highest BCUT2D eigenvalue weighted by molar-refractivity contribution is 5.79. The number of hydrogen-bond donors (Lipinski definition) is 1. The first-order valence-electron chi connectivity index (χ1n) is 11.4. The Kier molecular flexibility index (Phi) is 7.00. The molecule has 1 aromatic heterocycles. The maximum absolute atomic E-state index is 12.3. The average molecular weight is 415 g/mol. The number of carbonyl (C=O) groups is 2. The zero-order chi connectivity index (χ0) is 20.9. The molecule has 1 unspecified atom stereocenters. The van der Waals surface area contributed by atoms with E-state index in [0.717, 1.165) is 36.8 Å². The minimum atomic E-state index is -0.147. The summed E-state index contributed by atoms with van der Waals surface area (Å²) in [6, 6.07) is 3.83. The van der Waals surface area contributed by atoms with Crippen LogP contribution in [0.2, 0.25) is 0 Å². The monoisotopic (exact) mass is 414 g/mol. The zero-order valence-corrected chi connectivity index (χ0v) is 18.0. The van der Waals surface area contributed by atoms with Gasteiger partial charge >= 0.3 is 0 Å². The van der Waals surface area contributed by atoms with Gasteiger partial charge in [0, 0.05) is 32.4 Å². The highest BCUT2D eigenvalue weighted by atomic mass is 16.5. The Balaban J connectivity index is 1.19. The Labute approximate surface area is 179 Å². The van der Waals surface area contributed by atoms with Gasteiger partial charge in [0.2, 0.25) is 11.8 Å². The molecule has 4 rings (SSSR count). The van der Waals surface area contributed by atoms with Crippen LogP contribution >= 0.6 is 0 Å². The summed E-state index contributed by atoms with van der Waals surface area (Å²) in [5, 5.41) is 2.95. The van der Waals surface area contributed by atoms with Crippen molar-refractivity contribution in [2.45, 2.75) is 45.1 Å². The Bertz CT molecular complexity index is 744. The van der Waals surface area contributed by atoms with E-state index in [-0.39, 0.29) is 30.9 Å². The van der Waals surface area contributed by atoms with Crippen LogP contribution in [-0.4, -0.2) is 78.6 Å². The SMILES string of the molecule is Cc1cccnc1CC(=O)NCC1CN(CC2CCN(CC3CC3)CC2)C(=O)CO1. The van der Waals surface area contributed by atoms with Crippen LogP contribution in [0, 0.1) is 18.8 Å². The van der Waals surface area contributed by atoms with Gasteiger partial charge in [0.05, 0.1) is 18.2 Å². The van der Waals surface area contributed by atoms with Crippen LogP contribution in [0.3, 0.4) is 0 Å². The van der Waals surface area contributed by atoms with E-state index in [4.69, 9.17) is 4.74 Å². The maximum Gasteiger partial charge on any atom is 0.248 e. The number of nitrogens with one attached hydrogen (secondary N) is 1. The van der Waals surface area contributed by atoms with Crippen LogP contribution in [0.5, 0.6) is 0 Å². The summed E-state index contributed by atoms with van der Waals surface area (Å²) in [6.45, 7) is 7.46. The normalized spacial score (nSPS) is 23.6. The van der Waals surface area contributed by atoms with Crippen LogP contribution in [0.4, 0.5) is 0 Å². The lowest BCUT2D eigenvalue weighted by Crippen LogP contribution is -2.52. The van der Waals surface area contributed by atoms with Gasteiger partial charge in [0.1, 0.15) is 6.61 Å². The highest BCUT2D eigenvalue weighted by Crippen LogP contribution is 2.31. The number of likely N-dealkylation sites (tertiary alicyclic amines) is 1. The number of ether oxygens (including phenoxy) is 1. The number of rotatable bonds is 8. The lowest BCUT2D eigenvalue weighted by molar-refractivity contribution is -0.150. The second-order valence-electron chi connectivity index (χ2n) is 9.17. The zero-order valence-electron chi connectivity index (χ0n) is 18.0. The number of aromatic nitrogens is 1. The lowest BCUT2D eigenvalue weighted by atomic mass is 9.95. The van der Waals surface area contributed by atoms with E-state index in [2.05, 4.69) is 15.2 Å². The Morgan fingerprint density at radius 2 is 1.97 bits per heavy atom. The van der Waals surface area contributed by atoms with Gasteiger partial charge in [-0.15, -0.1) is 0 Å². The molecular formula is C23H34N4O3. The molecular weight excluding hydrogens is 380 g/mol. The van der Waals surface area contributed by atoms with Gasteiger partial charge in [-0.1, -0.05) is 6.07 Å². The van der Waals surface area contributed by atoms with Crippen molar-refractivity contribution in [3.05, 3.63) is 29.6 Å². The highest BCUT2D eigenvalue weighted by Gasteiger charge is 2.31. The average Bonchev–Trinajstić information content (AvgIpc) is 3.56. The van der Waals surface area contributed by atoms with E-state index in [1.807, 2.05) is 24.0 Å². The van der Waals surface area contributed by atoms with Crippen molar-refractivity contribution >= 4 is 11.8 Å². The molecule has 1 aromatic rings. The molecule has 7 nitrogen and oxygen atoms in total. The van der Waals surface area contributed by atoms with Crippen molar-refractivity contribution in [3.63, 3.8) is 0 Å². The van der Waals surface area contributed by atoms with Crippen LogP contribution in [0.1, 0.15) is 36.9 Å². The number of amides is 2. The summed E-state index contributed by atoms with van der Waals surface area (Å²) < 4.78 is 5.67. The number of aryl methyl sites for hydroxylation is 1. The minimum absolute atomic E-state index is 0.0631. The van der Waals surface area contributed by atoms with E-state index in [0.29, 0.717) is 19.0 Å². The molecule has 3 fully saturated rings. The fourth-order valence-electron chi connectivity index (χ4n) is 4.46. The van der Waals surface area contributed by atoms with Gasteiger partial charge in [-0.05, 0) is 69.2 Å². The van der Waals surface area contributed by atoms with Crippen molar-refractivity contribution in [2.24, 2.45) is 11.8 Å². The van der Waals surface area contributed by atoms with E-state index in [1.165, 1.54) is 32.2 Å². The molecule has 1 atom stereocenters. The van der Waals surface area contributed by atoms with Crippen molar-refractivity contribution in [1.29, 1.82) is 0 Å². The summed E-state index contributed by atoms with van der Waals surface area (Å²) in [6.07, 6.45) is 6.97. The topological polar surface area (TPSA) is 74.8 Å². The first-order valence-corrected chi connectivity index (χ1v) is 11.4. The first-order chi connectivity index (χ1) is 14.6. The largest absolute Gasteiger partial charge is 0.365 e. The molecule has 0 aromatic carbocycles. The molecule has 3 heterocycles.